The normalized spacial score (nSPS) is 16.1. The summed E-state index contributed by atoms with van der Waals surface area (Å²) in [5.41, 5.74) is 7.59. The van der Waals surface area contributed by atoms with Crippen molar-refractivity contribution in [3.63, 3.8) is 0 Å². The van der Waals surface area contributed by atoms with E-state index in [1.54, 1.807) is 0 Å². The molecule has 1 amide bonds. The maximum atomic E-state index is 11.8. The molecule has 1 aromatic carbocycles. The summed E-state index contributed by atoms with van der Waals surface area (Å²) in [5, 5.41) is 3.01. The summed E-state index contributed by atoms with van der Waals surface area (Å²) < 4.78 is 0. The summed E-state index contributed by atoms with van der Waals surface area (Å²) in [5.74, 6) is 1.34. The quantitative estimate of drug-likeness (QED) is 0.585. The summed E-state index contributed by atoms with van der Waals surface area (Å²) in [6, 6.07) is 7.78. The maximum Gasteiger partial charge on any atom is 0.220 e. The molecule has 1 fully saturated rings. The molecule has 3 heteroatoms. The van der Waals surface area contributed by atoms with Gasteiger partial charge in [0.25, 0.3) is 0 Å². The molecule has 1 aromatic rings. The number of amides is 1. The molecule has 19 heavy (non-hydrogen) atoms. The van der Waals surface area contributed by atoms with Crippen molar-refractivity contribution in [3.8, 4) is 0 Å². The highest BCUT2D eigenvalue weighted by atomic mass is 16.1. The first kappa shape index (κ1) is 13.9. The molecule has 1 saturated carbocycles. The second-order valence-corrected chi connectivity index (χ2v) is 5.71. The molecule has 1 aliphatic rings. The molecule has 0 spiro atoms. The van der Waals surface area contributed by atoms with Gasteiger partial charge in [-0.15, -0.1) is 0 Å². The van der Waals surface area contributed by atoms with Crippen molar-refractivity contribution in [1.82, 2.24) is 5.32 Å². The molecule has 3 N–H and O–H groups in total. The molecule has 0 aromatic heterocycles. The molecule has 0 heterocycles. The van der Waals surface area contributed by atoms with Crippen LogP contribution in [0, 0.1) is 5.92 Å². The van der Waals surface area contributed by atoms with Gasteiger partial charge in [-0.05, 0) is 42.4 Å². The SMILES string of the molecule is CC(CC(=O)NCCCC1CC1)c1ccc(N)cc1. The Kier molecular flexibility index (Phi) is 4.83. The fourth-order valence-corrected chi connectivity index (χ4v) is 2.32. The number of benzene rings is 1. The summed E-state index contributed by atoms with van der Waals surface area (Å²) in [7, 11) is 0. The van der Waals surface area contributed by atoms with Crippen LogP contribution < -0.4 is 11.1 Å². The number of carbonyl (C=O) groups excluding carboxylic acids is 1. The molecule has 0 radical (unpaired) electrons. The van der Waals surface area contributed by atoms with Crippen LogP contribution in [0.25, 0.3) is 0 Å². The fourth-order valence-electron chi connectivity index (χ4n) is 2.32. The van der Waals surface area contributed by atoms with Crippen molar-refractivity contribution in [2.45, 2.75) is 44.9 Å². The summed E-state index contributed by atoms with van der Waals surface area (Å²) in [6.07, 6.45) is 5.72. The third-order valence-corrected chi connectivity index (χ3v) is 3.81. The van der Waals surface area contributed by atoms with E-state index >= 15 is 0 Å². The van der Waals surface area contributed by atoms with Crippen LogP contribution in [0.4, 0.5) is 5.69 Å². The Morgan fingerprint density at radius 3 is 2.68 bits per heavy atom. The molecule has 1 unspecified atom stereocenters. The van der Waals surface area contributed by atoms with Gasteiger partial charge in [-0.1, -0.05) is 31.9 Å². The molecule has 0 bridgehead atoms. The number of nitrogen functional groups attached to an aromatic ring is 1. The third-order valence-electron chi connectivity index (χ3n) is 3.81. The fraction of sp³-hybridized carbons (Fsp3) is 0.562. The van der Waals surface area contributed by atoms with Crippen LogP contribution >= 0.6 is 0 Å². The predicted molar refractivity (Wildman–Crippen MR) is 78.9 cm³/mol. The number of nitrogens with two attached hydrogens (primary N) is 1. The molecule has 104 valence electrons. The van der Waals surface area contributed by atoms with Crippen LogP contribution in [-0.2, 0) is 4.79 Å². The summed E-state index contributed by atoms with van der Waals surface area (Å²) >= 11 is 0. The second-order valence-electron chi connectivity index (χ2n) is 5.71. The first-order valence-electron chi connectivity index (χ1n) is 7.27. The average Bonchev–Trinajstić information content (AvgIpc) is 3.19. The highest BCUT2D eigenvalue weighted by molar-refractivity contribution is 5.76. The van der Waals surface area contributed by atoms with Gasteiger partial charge in [-0.2, -0.15) is 0 Å². The van der Waals surface area contributed by atoms with Crippen LogP contribution in [0.1, 0.15) is 50.5 Å². The molecule has 3 nitrogen and oxygen atoms in total. The van der Waals surface area contributed by atoms with Gasteiger partial charge in [0.1, 0.15) is 0 Å². The predicted octanol–water partition coefficient (Wildman–Crippen LogP) is 3.07. The Labute approximate surface area is 115 Å². The number of hydrogen-bond donors (Lipinski definition) is 2. The Bertz CT molecular complexity index is 409. The number of hydrogen-bond acceptors (Lipinski definition) is 2. The molecular formula is C16H24N2O. The Morgan fingerprint density at radius 1 is 1.37 bits per heavy atom. The Morgan fingerprint density at radius 2 is 2.05 bits per heavy atom. The molecule has 1 atom stereocenters. The average molecular weight is 260 g/mol. The Balaban J connectivity index is 1.66. The van der Waals surface area contributed by atoms with E-state index in [1.807, 2.05) is 24.3 Å². The maximum absolute atomic E-state index is 11.8. The second kappa shape index (κ2) is 6.60. The van der Waals surface area contributed by atoms with Gasteiger partial charge in [-0.25, -0.2) is 0 Å². The molecule has 2 rings (SSSR count). The van der Waals surface area contributed by atoms with Gasteiger partial charge in [0.2, 0.25) is 5.91 Å². The molecule has 1 aliphatic carbocycles. The third kappa shape index (κ3) is 4.93. The van der Waals surface area contributed by atoms with Crippen LogP contribution in [-0.4, -0.2) is 12.5 Å². The van der Waals surface area contributed by atoms with E-state index in [4.69, 9.17) is 5.73 Å². The number of anilines is 1. The van der Waals surface area contributed by atoms with Gasteiger partial charge < -0.3 is 11.1 Å². The molecular weight excluding hydrogens is 236 g/mol. The van der Waals surface area contributed by atoms with Crippen LogP contribution in [0.5, 0.6) is 0 Å². The van der Waals surface area contributed by atoms with Crippen LogP contribution in [0.3, 0.4) is 0 Å². The lowest BCUT2D eigenvalue weighted by Gasteiger charge is -2.12. The lowest BCUT2D eigenvalue weighted by Crippen LogP contribution is -2.25. The molecule has 0 saturated heterocycles. The van der Waals surface area contributed by atoms with Crippen molar-refractivity contribution >= 4 is 11.6 Å². The molecule has 0 aliphatic heterocycles. The van der Waals surface area contributed by atoms with E-state index in [2.05, 4.69) is 12.2 Å². The van der Waals surface area contributed by atoms with Crippen molar-refractivity contribution in [2.75, 3.05) is 12.3 Å². The van der Waals surface area contributed by atoms with Crippen molar-refractivity contribution in [3.05, 3.63) is 29.8 Å². The number of carbonyl (C=O) groups is 1. The van der Waals surface area contributed by atoms with E-state index in [1.165, 1.54) is 24.8 Å². The Hall–Kier alpha value is -1.51. The van der Waals surface area contributed by atoms with Gasteiger partial charge >= 0.3 is 0 Å². The summed E-state index contributed by atoms with van der Waals surface area (Å²) in [4.78, 5) is 11.8. The van der Waals surface area contributed by atoms with Crippen molar-refractivity contribution in [1.29, 1.82) is 0 Å². The zero-order valence-corrected chi connectivity index (χ0v) is 11.7. The topological polar surface area (TPSA) is 55.1 Å². The van der Waals surface area contributed by atoms with E-state index in [0.29, 0.717) is 6.42 Å². The first-order chi connectivity index (χ1) is 9.15. The minimum Gasteiger partial charge on any atom is -0.399 e. The minimum atomic E-state index is 0.153. The zero-order chi connectivity index (χ0) is 13.7. The van der Waals surface area contributed by atoms with E-state index < -0.39 is 0 Å². The highest BCUT2D eigenvalue weighted by Crippen LogP contribution is 2.33. The minimum absolute atomic E-state index is 0.153. The highest BCUT2D eigenvalue weighted by Gasteiger charge is 2.20. The summed E-state index contributed by atoms with van der Waals surface area (Å²) in [6.45, 7) is 2.90. The lowest BCUT2D eigenvalue weighted by molar-refractivity contribution is -0.121. The zero-order valence-electron chi connectivity index (χ0n) is 11.7. The van der Waals surface area contributed by atoms with Crippen molar-refractivity contribution in [2.24, 2.45) is 5.92 Å². The lowest BCUT2D eigenvalue weighted by atomic mass is 9.97. The van der Waals surface area contributed by atoms with Crippen LogP contribution in [0.2, 0.25) is 0 Å². The number of rotatable bonds is 7. The van der Waals surface area contributed by atoms with Crippen LogP contribution in [0.15, 0.2) is 24.3 Å². The van der Waals surface area contributed by atoms with E-state index in [-0.39, 0.29) is 11.8 Å². The standard InChI is InChI=1S/C16H24N2O/c1-12(14-6-8-15(17)9-7-14)11-16(19)18-10-2-3-13-4-5-13/h6-9,12-13H,2-5,10-11,17H2,1H3,(H,18,19). The largest absolute Gasteiger partial charge is 0.399 e. The number of nitrogens with one attached hydrogen (secondary N) is 1. The van der Waals surface area contributed by atoms with Gasteiger partial charge in [0.15, 0.2) is 0 Å². The van der Waals surface area contributed by atoms with Gasteiger partial charge in [0.05, 0.1) is 0 Å². The smallest absolute Gasteiger partial charge is 0.220 e. The van der Waals surface area contributed by atoms with Gasteiger partial charge in [0, 0.05) is 18.7 Å². The monoisotopic (exact) mass is 260 g/mol. The van der Waals surface area contributed by atoms with E-state index in [0.717, 1.165) is 24.6 Å². The van der Waals surface area contributed by atoms with Gasteiger partial charge in [-0.3, -0.25) is 4.79 Å². The first-order valence-corrected chi connectivity index (χ1v) is 7.27. The van der Waals surface area contributed by atoms with Crippen molar-refractivity contribution < 1.29 is 4.79 Å². The van der Waals surface area contributed by atoms with E-state index in [9.17, 15) is 4.79 Å².